The van der Waals surface area contributed by atoms with E-state index in [0.717, 1.165) is 17.0 Å². The summed E-state index contributed by atoms with van der Waals surface area (Å²) in [7, 11) is 0. The van der Waals surface area contributed by atoms with Crippen LogP contribution in [-0.4, -0.2) is 20.2 Å². The number of allylic oxidation sites excluding steroid dienone is 4. The van der Waals surface area contributed by atoms with Crippen molar-refractivity contribution in [2.24, 2.45) is 0 Å². The van der Waals surface area contributed by atoms with Crippen LogP contribution in [0.25, 0.3) is 5.69 Å². The van der Waals surface area contributed by atoms with Gasteiger partial charge in [-0.15, -0.1) is 0 Å². The summed E-state index contributed by atoms with van der Waals surface area (Å²) in [4.78, 5) is 11.9. The third kappa shape index (κ3) is 3.41. The molecular formula is C17H20N4O2. The SMILES string of the molecule is CC=C/C=C(\C)OCc1c(C2CC2)cccc1-n1nn[nH]c1=O. The minimum atomic E-state index is -0.347. The molecule has 1 aromatic heterocycles. The monoisotopic (exact) mass is 312 g/mol. The number of nitrogens with zero attached hydrogens (tertiary/aromatic N) is 3. The Morgan fingerprint density at radius 1 is 1.48 bits per heavy atom. The normalized spacial score (nSPS) is 15.3. The predicted octanol–water partition coefficient (Wildman–Crippen LogP) is 2.83. The average Bonchev–Trinajstić information content (AvgIpc) is 3.32. The molecule has 0 spiro atoms. The molecule has 2 aromatic rings. The molecule has 1 saturated carbocycles. The zero-order chi connectivity index (χ0) is 16.2. The van der Waals surface area contributed by atoms with Gasteiger partial charge in [0.2, 0.25) is 0 Å². The lowest BCUT2D eigenvalue weighted by atomic mass is 10.0. The molecule has 0 bridgehead atoms. The second kappa shape index (κ2) is 6.64. The molecule has 0 amide bonds. The van der Waals surface area contributed by atoms with Crippen molar-refractivity contribution in [2.75, 3.05) is 0 Å². The van der Waals surface area contributed by atoms with E-state index in [9.17, 15) is 4.79 Å². The number of aromatic nitrogens is 4. The van der Waals surface area contributed by atoms with Crippen LogP contribution in [0.4, 0.5) is 0 Å². The predicted molar refractivity (Wildman–Crippen MR) is 87.3 cm³/mol. The molecule has 23 heavy (non-hydrogen) atoms. The number of H-pyrrole nitrogens is 1. The molecule has 1 fully saturated rings. The first-order valence-corrected chi connectivity index (χ1v) is 7.75. The summed E-state index contributed by atoms with van der Waals surface area (Å²) < 4.78 is 7.15. The molecule has 3 rings (SSSR count). The number of hydrogen-bond donors (Lipinski definition) is 1. The van der Waals surface area contributed by atoms with Crippen LogP contribution < -0.4 is 5.69 Å². The van der Waals surface area contributed by atoms with Crippen molar-refractivity contribution >= 4 is 0 Å². The van der Waals surface area contributed by atoms with Gasteiger partial charge in [-0.05, 0) is 60.7 Å². The van der Waals surface area contributed by atoms with Crippen LogP contribution in [0.15, 0.2) is 47.0 Å². The number of nitrogens with one attached hydrogen (secondary N) is 1. The summed E-state index contributed by atoms with van der Waals surface area (Å²) in [5.74, 6) is 1.38. The van der Waals surface area contributed by atoms with Crippen LogP contribution in [-0.2, 0) is 11.3 Å². The van der Waals surface area contributed by atoms with Gasteiger partial charge in [0.25, 0.3) is 0 Å². The standard InChI is InChI=1S/C17H20N4O2/c1-3-4-6-12(2)23-11-15-14(13-9-10-13)7-5-8-16(15)21-17(22)18-19-20-21/h3-8,13H,9-11H2,1-2H3,(H,18,20,22)/b4-3?,12-6+. The first kappa shape index (κ1) is 15.3. The molecule has 1 N–H and O–H groups in total. The summed E-state index contributed by atoms with van der Waals surface area (Å²) in [5, 5.41) is 9.78. The van der Waals surface area contributed by atoms with E-state index in [4.69, 9.17) is 4.74 Å². The first-order chi connectivity index (χ1) is 11.2. The summed E-state index contributed by atoms with van der Waals surface area (Å²) in [6, 6.07) is 5.94. The van der Waals surface area contributed by atoms with Crippen molar-refractivity contribution in [2.45, 2.75) is 39.2 Å². The molecule has 1 heterocycles. The van der Waals surface area contributed by atoms with Crippen molar-refractivity contribution in [1.82, 2.24) is 20.2 Å². The lowest BCUT2D eigenvalue weighted by Crippen LogP contribution is -2.18. The number of benzene rings is 1. The van der Waals surface area contributed by atoms with Crippen molar-refractivity contribution in [3.63, 3.8) is 0 Å². The van der Waals surface area contributed by atoms with Crippen LogP contribution in [0, 0.1) is 0 Å². The highest BCUT2D eigenvalue weighted by Crippen LogP contribution is 2.43. The molecule has 1 aromatic carbocycles. The maximum Gasteiger partial charge on any atom is 0.365 e. The maximum atomic E-state index is 11.9. The van der Waals surface area contributed by atoms with Gasteiger partial charge in [0, 0.05) is 5.56 Å². The molecule has 120 valence electrons. The largest absolute Gasteiger partial charge is 0.493 e. The fraction of sp³-hybridized carbons (Fsp3) is 0.353. The molecule has 6 heteroatoms. The van der Waals surface area contributed by atoms with Crippen molar-refractivity contribution in [3.05, 3.63) is 63.8 Å². The van der Waals surface area contributed by atoms with Crippen LogP contribution in [0.2, 0.25) is 0 Å². The summed E-state index contributed by atoms with van der Waals surface area (Å²) in [6.45, 7) is 4.28. The Kier molecular flexibility index (Phi) is 4.41. The highest BCUT2D eigenvalue weighted by molar-refractivity contribution is 5.47. The lowest BCUT2D eigenvalue weighted by Gasteiger charge is -2.14. The van der Waals surface area contributed by atoms with E-state index in [0.29, 0.717) is 12.5 Å². The van der Waals surface area contributed by atoms with E-state index >= 15 is 0 Å². The van der Waals surface area contributed by atoms with Gasteiger partial charge in [-0.1, -0.05) is 24.3 Å². The number of ether oxygens (including phenoxy) is 1. The Balaban J connectivity index is 1.96. The summed E-state index contributed by atoms with van der Waals surface area (Å²) in [6.07, 6.45) is 8.16. The fourth-order valence-electron chi connectivity index (χ4n) is 2.55. The Morgan fingerprint density at radius 2 is 2.30 bits per heavy atom. The van der Waals surface area contributed by atoms with Gasteiger partial charge in [-0.25, -0.2) is 9.89 Å². The van der Waals surface area contributed by atoms with Crippen molar-refractivity contribution < 1.29 is 4.74 Å². The lowest BCUT2D eigenvalue weighted by molar-refractivity contribution is 0.199. The third-order valence-corrected chi connectivity index (χ3v) is 3.87. The minimum absolute atomic E-state index is 0.347. The molecule has 6 nitrogen and oxygen atoms in total. The zero-order valence-corrected chi connectivity index (χ0v) is 13.3. The maximum absolute atomic E-state index is 11.9. The number of aromatic amines is 1. The summed E-state index contributed by atoms with van der Waals surface area (Å²) in [5.41, 5.74) is 2.61. The molecular weight excluding hydrogens is 292 g/mol. The molecule has 1 aliphatic carbocycles. The van der Waals surface area contributed by atoms with Crippen molar-refractivity contribution in [3.8, 4) is 5.69 Å². The highest BCUT2D eigenvalue weighted by Gasteiger charge is 2.28. The molecule has 0 unspecified atom stereocenters. The van der Waals surface area contributed by atoms with Gasteiger partial charge in [-0.3, -0.25) is 0 Å². The van der Waals surface area contributed by atoms with Gasteiger partial charge in [0.15, 0.2) is 0 Å². The van der Waals surface area contributed by atoms with Crippen LogP contribution in [0.1, 0.15) is 43.7 Å². The van der Waals surface area contributed by atoms with E-state index in [-0.39, 0.29) is 5.69 Å². The second-order valence-electron chi connectivity index (χ2n) is 5.63. The van der Waals surface area contributed by atoms with Gasteiger partial charge >= 0.3 is 5.69 Å². The quantitative estimate of drug-likeness (QED) is 0.657. The number of hydrogen-bond acceptors (Lipinski definition) is 4. The number of tetrazole rings is 1. The molecule has 0 saturated heterocycles. The van der Waals surface area contributed by atoms with E-state index in [1.807, 2.05) is 44.2 Å². The molecule has 0 aliphatic heterocycles. The molecule has 1 aliphatic rings. The molecule has 0 atom stereocenters. The first-order valence-electron chi connectivity index (χ1n) is 7.75. The van der Waals surface area contributed by atoms with Gasteiger partial charge < -0.3 is 4.74 Å². The Bertz CT molecular complexity index is 797. The van der Waals surface area contributed by atoms with Crippen LogP contribution in [0.5, 0.6) is 0 Å². The third-order valence-electron chi connectivity index (χ3n) is 3.87. The Morgan fingerprint density at radius 3 is 2.96 bits per heavy atom. The van der Waals surface area contributed by atoms with Gasteiger partial charge in [-0.2, -0.15) is 4.68 Å². The zero-order valence-electron chi connectivity index (χ0n) is 13.3. The Labute approximate surface area is 134 Å². The van der Waals surface area contributed by atoms with Gasteiger partial charge in [0.1, 0.15) is 6.61 Å². The molecule has 0 radical (unpaired) electrons. The van der Waals surface area contributed by atoms with Gasteiger partial charge in [0.05, 0.1) is 11.4 Å². The smallest absolute Gasteiger partial charge is 0.365 e. The average molecular weight is 312 g/mol. The van der Waals surface area contributed by atoms with E-state index in [2.05, 4.69) is 21.6 Å². The fourth-order valence-corrected chi connectivity index (χ4v) is 2.55. The topological polar surface area (TPSA) is 72.8 Å². The van der Waals surface area contributed by atoms with Crippen molar-refractivity contribution in [1.29, 1.82) is 0 Å². The second-order valence-corrected chi connectivity index (χ2v) is 5.63. The van der Waals surface area contributed by atoms with E-state index < -0.39 is 0 Å². The van der Waals surface area contributed by atoms with E-state index in [1.54, 1.807) is 0 Å². The highest BCUT2D eigenvalue weighted by atomic mass is 16.5. The summed E-state index contributed by atoms with van der Waals surface area (Å²) >= 11 is 0. The van der Waals surface area contributed by atoms with Crippen LogP contribution >= 0.6 is 0 Å². The van der Waals surface area contributed by atoms with Crippen LogP contribution in [0.3, 0.4) is 0 Å². The Hall–Kier alpha value is -2.63. The van der Waals surface area contributed by atoms with E-state index in [1.165, 1.54) is 23.1 Å². The minimum Gasteiger partial charge on any atom is -0.493 e. The number of rotatable bonds is 6.